The minimum Gasteiger partial charge on any atom is -0.505 e. The number of carboxylic acid groups (broad SMARTS) is 1. The first kappa shape index (κ1) is 25.6. The number of carbonyl (C=O) groups excluding carboxylic acids is 1. The molecule has 0 spiro atoms. The van der Waals surface area contributed by atoms with E-state index in [1.54, 1.807) is 18.2 Å². The summed E-state index contributed by atoms with van der Waals surface area (Å²) < 4.78 is 19.7. The molecule has 0 aliphatic heterocycles. The highest BCUT2D eigenvalue weighted by Crippen LogP contribution is 2.26. The van der Waals surface area contributed by atoms with Gasteiger partial charge in [0.25, 0.3) is 11.5 Å². The van der Waals surface area contributed by atoms with Gasteiger partial charge in [-0.3, -0.25) is 14.6 Å². The highest BCUT2D eigenvalue weighted by molar-refractivity contribution is 6.01. The lowest BCUT2D eigenvalue weighted by atomic mass is 10.1. The number of hydrogen-bond acceptors (Lipinski definition) is 6. The van der Waals surface area contributed by atoms with Crippen LogP contribution in [0.25, 0.3) is 11.0 Å². The molecule has 0 fully saturated rings. The van der Waals surface area contributed by atoms with Crippen molar-refractivity contribution < 1.29 is 28.9 Å². The summed E-state index contributed by atoms with van der Waals surface area (Å²) in [6.45, 7) is 2.84. The number of benzene rings is 1. The van der Waals surface area contributed by atoms with Crippen molar-refractivity contribution in [3.05, 3.63) is 69.4 Å². The van der Waals surface area contributed by atoms with Crippen LogP contribution in [0.4, 0.5) is 9.18 Å². The zero-order chi connectivity index (χ0) is 25.4. The predicted octanol–water partition coefficient (Wildman–Crippen LogP) is 2.26. The van der Waals surface area contributed by atoms with Gasteiger partial charge in [-0.1, -0.05) is 12.1 Å². The molecule has 2 amide bonds. The SMILES string of the molecule is CCOCCNC(=O)c1c(O)c2ncc(Cc3ccc(F)cc3)cc2n(CCCNC(=O)O)c1=O. The van der Waals surface area contributed by atoms with E-state index >= 15 is 0 Å². The molecular weight excluding hydrogens is 459 g/mol. The third-order valence-electron chi connectivity index (χ3n) is 5.25. The molecule has 0 unspecified atom stereocenters. The number of aromatic hydroxyl groups is 1. The van der Waals surface area contributed by atoms with E-state index in [0.29, 0.717) is 24.1 Å². The van der Waals surface area contributed by atoms with Gasteiger partial charge in [0.1, 0.15) is 16.9 Å². The number of aromatic nitrogens is 2. The highest BCUT2D eigenvalue weighted by Gasteiger charge is 2.23. The summed E-state index contributed by atoms with van der Waals surface area (Å²) in [7, 11) is 0. The number of fused-ring (bicyclic) bond motifs is 1. The molecule has 0 radical (unpaired) electrons. The lowest BCUT2D eigenvalue weighted by molar-refractivity contribution is 0.0918. The van der Waals surface area contributed by atoms with Crippen molar-refractivity contribution in [3.8, 4) is 5.75 Å². The Bertz CT molecular complexity index is 1260. The van der Waals surface area contributed by atoms with E-state index in [0.717, 1.165) is 5.56 Å². The summed E-state index contributed by atoms with van der Waals surface area (Å²) in [5.41, 5.74) is 0.719. The number of nitrogens with one attached hydrogen (secondary N) is 2. The third kappa shape index (κ3) is 6.54. The predicted molar refractivity (Wildman–Crippen MR) is 126 cm³/mol. The molecule has 1 aromatic carbocycles. The average Bonchev–Trinajstić information content (AvgIpc) is 2.82. The second-order valence-electron chi connectivity index (χ2n) is 7.73. The molecule has 10 nitrogen and oxygen atoms in total. The fraction of sp³-hybridized carbons (Fsp3) is 0.333. The molecule has 0 aliphatic rings. The molecule has 2 heterocycles. The Hall–Kier alpha value is -3.99. The Morgan fingerprint density at radius 1 is 1.14 bits per heavy atom. The largest absolute Gasteiger partial charge is 0.505 e. The first-order valence-electron chi connectivity index (χ1n) is 11.1. The van der Waals surface area contributed by atoms with E-state index < -0.39 is 28.9 Å². The van der Waals surface area contributed by atoms with Gasteiger partial charge in [-0.25, -0.2) is 9.18 Å². The molecule has 2 aromatic heterocycles. The fourth-order valence-corrected chi connectivity index (χ4v) is 3.61. The first-order chi connectivity index (χ1) is 16.8. The maximum absolute atomic E-state index is 13.3. The second kappa shape index (κ2) is 11.9. The molecule has 3 aromatic rings. The number of ether oxygens (including phenoxy) is 1. The normalized spacial score (nSPS) is 10.9. The number of hydrogen-bond donors (Lipinski definition) is 4. The maximum atomic E-state index is 13.3. The van der Waals surface area contributed by atoms with Crippen molar-refractivity contribution in [2.75, 3.05) is 26.3 Å². The van der Waals surface area contributed by atoms with E-state index in [1.807, 2.05) is 6.92 Å². The van der Waals surface area contributed by atoms with Crippen molar-refractivity contribution in [3.63, 3.8) is 0 Å². The minimum absolute atomic E-state index is 0.0635. The van der Waals surface area contributed by atoms with Crippen LogP contribution in [0.3, 0.4) is 0 Å². The van der Waals surface area contributed by atoms with Crippen LogP contribution in [0.2, 0.25) is 0 Å². The molecule has 186 valence electrons. The van der Waals surface area contributed by atoms with Crippen LogP contribution in [-0.2, 0) is 17.7 Å². The van der Waals surface area contributed by atoms with Crippen LogP contribution in [0.15, 0.2) is 41.3 Å². The van der Waals surface area contributed by atoms with Gasteiger partial charge in [0.15, 0.2) is 5.75 Å². The quantitative estimate of drug-likeness (QED) is 0.305. The Kier molecular flexibility index (Phi) is 8.74. The van der Waals surface area contributed by atoms with Gasteiger partial charge in [0, 0.05) is 32.4 Å². The third-order valence-corrected chi connectivity index (χ3v) is 5.25. The number of rotatable bonds is 11. The number of pyridine rings is 2. The number of halogens is 1. The summed E-state index contributed by atoms with van der Waals surface area (Å²) in [4.78, 5) is 41.0. The molecule has 0 saturated carbocycles. The highest BCUT2D eigenvalue weighted by atomic mass is 19.1. The van der Waals surface area contributed by atoms with Crippen molar-refractivity contribution in [1.29, 1.82) is 0 Å². The van der Waals surface area contributed by atoms with E-state index in [2.05, 4.69) is 15.6 Å². The molecule has 0 atom stereocenters. The van der Waals surface area contributed by atoms with Crippen molar-refractivity contribution in [1.82, 2.24) is 20.2 Å². The molecule has 3 rings (SSSR count). The summed E-state index contributed by atoms with van der Waals surface area (Å²) in [6, 6.07) is 7.64. The molecular formula is C24H27FN4O6. The molecule has 0 saturated heterocycles. The van der Waals surface area contributed by atoms with E-state index in [1.165, 1.54) is 22.9 Å². The lowest BCUT2D eigenvalue weighted by Crippen LogP contribution is -2.35. The Labute approximate surface area is 200 Å². The Morgan fingerprint density at radius 3 is 2.57 bits per heavy atom. The number of amides is 2. The van der Waals surface area contributed by atoms with Crippen molar-refractivity contribution in [2.24, 2.45) is 0 Å². The molecule has 11 heteroatoms. The number of nitrogens with zero attached hydrogens (tertiary/aromatic N) is 2. The first-order valence-corrected chi connectivity index (χ1v) is 11.1. The van der Waals surface area contributed by atoms with Crippen molar-refractivity contribution in [2.45, 2.75) is 26.3 Å². The van der Waals surface area contributed by atoms with E-state index in [4.69, 9.17) is 9.84 Å². The summed E-state index contributed by atoms with van der Waals surface area (Å²) in [5, 5.41) is 24.4. The average molecular weight is 487 g/mol. The molecule has 4 N–H and O–H groups in total. The van der Waals surface area contributed by atoms with Gasteiger partial charge in [-0.2, -0.15) is 0 Å². The number of carbonyl (C=O) groups is 2. The second-order valence-corrected chi connectivity index (χ2v) is 7.73. The molecule has 35 heavy (non-hydrogen) atoms. The monoisotopic (exact) mass is 486 g/mol. The van der Waals surface area contributed by atoms with Gasteiger partial charge < -0.3 is 30.2 Å². The van der Waals surface area contributed by atoms with Crippen LogP contribution in [0.1, 0.15) is 34.8 Å². The van der Waals surface area contributed by atoms with Crippen LogP contribution in [0, 0.1) is 5.82 Å². The maximum Gasteiger partial charge on any atom is 0.404 e. The Balaban J connectivity index is 2.00. The Morgan fingerprint density at radius 2 is 1.89 bits per heavy atom. The van der Waals surface area contributed by atoms with Gasteiger partial charge in [-0.15, -0.1) is 0 Å². The molecule has 0 bridgehead atoms. The van der Waals surface area contributed by atoms with Crippen LogP contribution in [-0.4, -0.2) is 58.1 Å². The fourth-order valence-electron chi connectivity index (χ4n) is 3.61. The zero-order valence-corrected chi connectivity index (χ0v) is 19.2. The van der Waals surface area contributed by atoms with Crippen LogP contribution < -0.4 is 16.2 Å². The van der Waals surface area contributed by atoms with Gasteiger partial charge in [-0.05, 0) is 49.1 Å². The standard InChI is InChI=1S/C24H27FN4O6/c1-2-35-11-9-26-22(31)19-21(30)20-18(29(23(19)32)10-3-8-27-24(33)34)13-16(14-28-20)12-15-4-6-17(25)7-5-15/h4-7,13-14,27,30H,2-3,8-12H2,1H3,(H,26,31)(H,33,34). The van der Waals surface area contributed by atoms with Gasteiger partial charge >= 0.3 is 6.09 Å². The smallest absolute Gasteiger partial charge is 0.404 e. The van der Waals surface area contributed by atoms with Crippen molar-refractivity contribution >= 4 is 23.0 Å². The van der Waals surface area contributed by atoms with Gasteiger partial charge in [0.2, 0.25) is 0 Å². The van der Waals surface area contributed by atoms with Crippen LogP contribution in [0.5, 0.6) is 5.75 Å². The van der Waals surface area contributed by atoms with Gasteiger partial charge in [0.05, 0.1) is 12.1 Å². The van der Waals surface area contributed by atoms with E-state index in [9.17, 15) is 23.9 Å². The zero-order valence-electron chi connectivity index (χ0n) is 19.2. The summed E-state index contributed by atoms with van der Waals surface area (Å²) in [5.74, 6) is -1.65. The summed E-state index contributed by atoms with van der Waals surface area (Å²) in [6.07, 6.45) is 0.992. The summed E-state index contributed by atoms with van der Waals surface area (Å²) >= 11 is 0. The molecule has 0 aliphatic carbocycles. The number of aryl methyl sites for hydroxylation is 1. The lowest BCUT2D eigenvalue weighted by Gasteiger charge is -2.15. The van der Waals surface area contributed by atoms with Crippen LogP contribution >= 0.6 is 0 Å². The topological polar surface area (TPSA) is 143 Å². The van der Waals surface area contributed by atoms with E-state index in [-0.39, 0.29) is 44.0 Å². The minimum atomic E-state index is -1.19.